The molecular formula is C13H20ClNS. The molecule has 0 saturated heterocycles. The van der Waals surface area contributed by atoms with Crippen LogP contribution in [0, 0.1) is 11.8 Å². The number of thiophene rings is 1. The van der Waals surface area contributed by atoms with Gasteiger partial charge >= 0.3 is 0 Å². The third-order valence-corrected chi connectivity index (χ3v) is 5.06. The average Bonchev–Trinajstić information content (AvgIpc) is 2.69. The summed E-state index contributed by atoms with van der Waals surface area (Å²) in [6.07, 6.45) is 5.45. The van der Waals surface area contributed by atoms with E-state index in [0.29, 0.717) is 6.04 Å². The monoisotopic (exact) mass is 257 g/mol. The lowest BCUT2D eigenvalue weighted by molar-refractivity contribution is 0.240. The lowest BCUT2D eigenvalue weighted by atomic mass is 9.79. The second-order valence-electron chi connectivity index (χ2n) is 4.93. The van der Waals surface area contributed by atoms with E-state index in [9.17, 15) is 0 Å². The second-order valence-corrected chi connectivity index (χ2v) is 6.67. The van der Waals surface area contributed by atoms with Crippen molar-refractivity contribution in [3.8, 4) is 0 Å². The fourth-order valence-corrected chi connectivity index (χ4v) is 3.99. The van der Waals surface area contributed by atoms with Crippen molar-refractivity contribution in [1.82, 2.24) is 5.32 Å². The Kier molecular flexibility index (Phi) is 4.28. The van der Waals surface area contributed by atoms with Crippen molar-refractivity contribution in [1.29, 1.82) is 0 Å². The Bertz CT molecular complexity index is 328. The van der Waals surface area contributed by atoms with Gasteiger partial charge in [-0.15, -0.1) is 11.3 Å². The Morgan fingerprint density at radius 1 is 1.31 bits per heavy atom. The Labute approximate surface area is 107 Å². The summed E-state index contributed by atoms with van der Waals surface area (Å²) < 4.78 is 0.902. The van der Waals surface area contributed by atoms with Crippen LogP contribution in [-0.4, -0.2) is 7.05 Å². The lowest BCUT2D eigenvalue weighted by Crippen LogP contribution is -2.27. The zero-order valence-electron chi connectivity index (χ0n) is 10.0. The van der Waals surface area contributed by atoms with E-state index in [1.165, 1.54) is 30.6 Å². The lowest BCUT2D eigenvalue weighted by Gasteiger charge is -2.32. The molecule has 0 amide bonds. The van der Waals surface area contributed by atoms with Crippen LogP contribution in [0.25, 0.3) is 0 Å². The van der Waals surface area contributed by atoms with Crippen LogP contribution in [0.5, 0.6) is 0 Å². The number of halogens is 1. The molecule has 0 aromatic carbocycles. The van der Waals surface area contributed by atoms with Gasteiger partial charge in [0.25, 0.3) is 0 Å². The first-order valence-electron chi connectivity index (χ1n) is 6.13. The summed E-state index contributed by atoms with van der Waals surface area (Å²) >= 11 is 7.73. The molecule has 0 spiro atoms. The van der Waals surface area contributed by atoms with Gasteiger partial charge in [-0.05, 0) is 43.9 Å². The van der Waals surface area contributed by atoms with Crippen LogP contribution in [-0.2, 0) is 0 Å². The van der Waals surface area contributed by atoms with E-state index >= 15 is 0 Å². The highest BCUT2D eigenvalue weighted by Gasteiger charge is 2.26. The molecule has 1 unspecified atom stereocenters. The highest BCUT2D eigenvalue weighted by atomic mass is 35.5. The third kappa shape index (κ3) is 2.79. The first-order valence-corrected chi connectivity index (χ1v) is 7.32. The fraction of sp³-hybridized carbons (Fsp3) is 0.692. The summed E-state index contributed by atoms with van der Waals surface area (Å²) in [5.74, 6) is 1.71. The van der Waals surface area contributed by atoms with Crippen LogP contribution in [0.15, 0.2) is 12.1 Å². The van der Waals surface area contributed by atoms with Crippen molar-refractivity contribution in [2.24, 2.45) is 11.8 Å². The smallest absolute Gasteiger partial charge is 0.0931 e. The van der Waals surface area contributed by atoms with Crippen molar-refractivity contribution in [3.05, 3.63) is 21.3 Å². The minimum atomic E-state index is 0.505. The van der Waals surface area contributed by atoms with Crippen molar-refractivity contribution in [2.45, 2.75) is 38.6 Å². The largest absolute Gasteiger partial charge is 0.312 e. The van der Waals surface area contributed by atoms with Gasteiger partial charge in [-0.2, -0.15) is 0 Å². The van der Waals surface area contributed by atoms with Crippen LogP contribution in [0.4, 0.5) is 0 Å². The zero-order chi connectivity index (χ0) is 11.5. The number of rotatable bonds is 3. The van der Waals surface area contributed by atoms with Crippen LogP contribution < -0.4 is 5.32 Å². The van der Waals surface area contributed by atoms with Gasteiger partial charge in [-0.25, -0.2) is 0 Å². The molecule has 1 aliphatic carbocycles. The maximum absolute atomic E-state index is 6.01. The maximum Gasteiger partial charge on any atom is 0.0931 e. The molecule has 3 heteroatoms. The van der Waals surface area contributed by atoms with Gasteiger partial charge in [-0.1, -0.05) is 31.4 Å². The van der Waals surface area contributed by atoms with Crippen LogP contribution in [0.3, 0.4) is 0 Å². The van der Waals surface area contributed by atoms with Crippen molar-refractivity contribution in [2.75, 3.05) is 7.05 Å². The average molecular weight is 258 g/mol. The van der Waals surface area contributed by atoms with E-state index < -0.39 is 0 Å². The molecule has 16 heavy (non-hydrogen) atoms. The fourth-order valence-electron chi connectivity index (χ4n) is 2.72. The minimum absolute atomic E-state index is 0.505. The molecular weight excluding hydrogens is 238 g/mol. The molecule has 1 nitrogen and oxygen atoms in total. The maximum atomic E-state index is 6.01. The van der Waals surface area contributed by atoms with Gasteiger partial charge in [-0.3, -0.25) is 0 Å². The van der Waals surface area contributed by atoms with Crippen molar-refractivity contribution < 1.29 is 0 Å². The summed E-state index contributed by atoms with van der Waals surface area (Å²) in [6.45, 7) is 2.37. The van der Waals surface area contributed by atoms with Gasteiger partial charge in [0.05, 0.1) is 4.34 Å². The summed E-state index contributed by atoms with van der Waals surface area (Å²) in [6, 6.07) is 4.69. The van der Waals surface area contributed by atoms with Crippen molar-refractivity contribution >= 4 is 22.9 Å². The minimum Gasteiger partial charge on any atom is -0.312 e. The summed E-state index contributed by atoms with van der Waals surface area (Å²) in [7, 11) is 2.07. The standard InChI is InChI=1S/C13H20ClNS/c1-9-3-5-10(6-4-9)13(15-2)11-7-8-12(14)16-11/h7-10,13,15H,3-6H2,1-2H3. The Balaban J connectivity index is 2.05. The van der Waals surface area contributed by atoms with E-state index in [2.05, 4.69) is 25.4 Å². The Morgan fingerprint density at radius 2 is 2.00 bits per heavy atom. The summed E-state index contributed by atoms with van der Waals surface area (Å²) in [4.78, 5) is 1.40. The van der Waals surface area contributed by atoms with E-state index in [-0.39, 0.29) is 0 Å². The molecule has 1 saturated carbocycles. The molecule has 1 aromatic heterocycles. The van der Waals surface area contributed by atoms with Gasteiger partial charge < -0.3 is 5.32 Å². The molecule has 1 heterocycles. The molecule has 0 aliphatic heterocycles. The molecule has 1 fully saturated rings. The molecule has 2 rings (SSSR count). The predicted octanol–water partition coefficient (Wildman–Crippen LogP) is 4.49. The molecule has 90 valence electrons. The first kappa shape index (κ1) is 12.4. The predicted molar refractivity (Wildman–Crippen MR) is 72.3 cm³/mol. The van der Waals surface area contributed by atoms with Crippen LogP contribution in [0.2, 0.25) is 4.34 Å². The Hall–Kier alpha value is -0.0500. The van der Waals surface area contributed by atoms with Gasteiger partial charge in [0, 0.05) is 10.9 Å². The SMILES string of the molecule is CNC(c1ccc(Cl)s1)C1CCC(C)CC1. The highest BCUT2D eigenvalue weighted by molar-refractivity contribution is 7.16. The molecule has 1 aliphatic rings. The third-order valence-electron chi connectivity index (χ3n) is 3.74. The van der Waals surface area contributed by atoms with E-state index in [1.807, 2.05) is 6.07 Å². The van der Waals surface area contributed by atoms with Crippen molar-refractivity contribution in [3.63, 3.8) is 0 Å². The normalized spacial score (nSPS) is 27.9. The van der Waals surface area contributed by atoms with Gasteiger partial charge in [0.2, 0.25) is 0 Å². The quantitative estimate of drug-likeness (QED) is 0.841. The molecule has 1 atom stereocenters. The number of hydrogen-bond donors (Lipinski definition) is 1. The van der Waals surface area contributed by atoms with Crippen LogP contribution in [0.1, 0.15) is 43.5 Å². The van der Waals surface area contributed by atoms with Gasteiger partial charge in [0.15, 0.2) is 0 Å². The van der Waals surface area contributed by atoms with Crippen LogP contribution >= 0.6 is 22.9 Å². The topological polar surface area (TPSA) is 12.0 Å². The molecule has 1 N–H and O–H groups in total. The second kappa shape index (κ2) is 5.52. The molecule has 1 aromatic rings. The van der Waals surface area contributed by atoms with E-state index in [0.717, 1.165) is 16.2 Å². The first-order chi connectivity index (χ1) is 7.70. The zero-order valence-corrected chi connectivity index (χ0v) is 11.6. The number of nitrogens with one attached hydrogen (secondary N) is 1. The highest BCUT2D eigenvalue weighted by Crippen LogP contribution is 2.39. The van der Waals surface area contributed by atoms with E-state index in [4.69, 9.17) is 11.6 Å². The number of hydrogen-bond acceptors (Lipinski definition) is 2. The molecule has 0 radical (unpaired) electrons. The Morgan fingerprint density at radius 3 is 2.50 bits per heavy atom. The van der Waals surface area contributed by atoms with E-state index in [1.54, 1.807) is 11.3 Å². The summed E-state index contributed by atoms with van der Waals surface area (Å²) in [5, 5.41) is 3.47. The summed E-state index contributed by atoms with van der Waals surface area (Å²) in [5.41, 5.74) is 0. The van der Waals surface area contributed by atoms with Gasteiger partial charge in [0.1, 0.15) is 0 Å². The molecule has 0 bridgehead atoms.